The van der Waals surface area contributed by atoms with E-state index >= 15 is 0 Å². The minimum absolute atomic E-state index is 0.0175. The van der Waals surface area contributed by atoms with Crippen LogP contribution < -0.4 is 0 Å². The van der Waals surface area contributed by atoms with Crippen LogP contribution in [0.2, 0.25) is 0 Å². The summed E-state index contributed by atoms with van der Waals surface area (Å²) in [6, 6.07) is 0. The third kappa shape index (κ3) is 4.31. The van der Waals surface area contributed by atoms with Crippen LogP contribution in [-0.4, -0.2) is 51.9 Å². The Morgan fingerprint density at radius 2 is 1.97 bits per heavy atom. The summed E-state index contributed by atoms with van der Waals surface area (Å²) in [5, 5.41) is 21.9. The molecule has 33 heavy (non-hydrogen) atoms. The van der Waals surface area contributed by atoms with Gasteiger partial charge in [-0.2, -0.15) is 0 Å². The van der Waals surface area contributed by atoms with Gasteiger partial charge in [0.2, 0.25) is 0 Å². The van der Waals surface area contributed by atoms with Crippen molar-refractivity contribution in [3.05, 3.63) is 11.6 Å². The molecule has 0 aromatic rings. The molecule has 0 saturated heterocycles. The predicted molar refractivity (Wildman–Crippen MR) is 128 cm³/mol. The van der Waals surface area contributed by atoms with Crippen molar-refractivity contribution in [2.75, 3.05) is 6.61 Å². The SMILES string of the molecule is CCCCC(=O)O[C@H]1CC[C@@]2(C)C(=C[C@H](O)C3C4C[C@@H](Br)[C@H](OC(C)=O)[C@@]4(CO)CCC32)C1. The number of aliphatic hydroxyl groups is 2. The van der Waals surface area contributed by atoms with Crippen molar-refractivity contribution in [3.8, 4) is 0 Å². The number of unbranched alkanes of at least 4 members (excludes halogenated alkanes) is 1. The number of rotatable bonds is 6. The van der Waals surface area contributed by atoms with Crippen LogP contribution in [0.3, 0.4) is 0 Å². The Bertz CT molecular complexity index is 798. The van der Waals surface area contributed by atoms with Gasteiger partial charge >= 0.3 is 11.9 Å². The smallest absolute Gasteiger partial charge is 0.306 e. The van der Waals surface area contributed by atoms with Gasteiger partial charge in [-0.1, -0.05) is 47.8 Å². The predicted octanol–water partition coefficient (Wildman–Crippen LogP) is 4.30. The van der Waals surface area contributed by atoms with Crippen molar-refractivity contribution in [2.24, 2.45) is 28.6 Å². The lowest BCUT2D eigenvalue weighted by Gasteiger charge is -2.59. The van der Waals surface area contributed by atoms with Crippen LogP contribution in [0, 0.1) is 28.6 Å². The van der Waals surface area contributed by atoms with Gasteiger partial charge in [0.05, 0.1) is 17.5 Å². The number of hydrogen-bond acceptors (Lipinski definition) is 6. The maximum absolute atomic E-state index is 12.2. The Morgan fingerprint density at radius 1 is 1.21 bits per heavy atom. The molecule has 2 N–H and O–H groups in total. The Kier molecular flexibility index (Phi) is 7.34. The molecule has 186 valence electrons. The standard InChI is InChI=1S/C26H39BrO6/c1-4-5-6-22(31)33-17-7-9-25(3)16(11-17)12-21(30)23-18(25)8-10-26(14-28)19(23)13-20(27)24(26)32-15(2)29/h12,17-21,23-24,28,30H,4-11,13-14H2,1-3H3/t17-,18?,19?,20+,21-,23?,24-,25-,26+/m0/s1. The van der Waals surface area contributed by atoms with Gasteiger partial charge in [-0.15, -0.1) is 0 Å². The van der Waals surface area contributed by atoms with E-state index in [-0.39, 0.29) is 52.8 Å². The first kappa shape index (κ1) is 25.2. The summed E-state index contributed by atoms with van der Waals surface area (Å²) in [5.41, 5.74) is 0.659. The largest absolute Gasteiger partial charge is 0.462 e. The Labute approximate surface area is 205 Å². The lowest BCUT2D eigenvalue weighted by atomic mass is 9.47. The minimum Gasteiger partial charge on any atom is -0.462 e. The van der Waals surface area contributed by atoms with Gasteiger partial charge in [-0.05, 0) is 61.7 Å². The van der Waals surface area contributed by atoms with Gasteiger partial charge in [-0.3, -0.25) is 9.59 Å². The highest BCUT2D eigenvalue weighted by Crippen LogP contribution is 2.66. The van der Waals surface area contributed by atoms with Crippen molar-refractivity contribution in [2.45, 2.75) is 102 Å². The molecule has 0 aliphatic heterocycles. The van der Waals surface area contributed by atoms with E-state index in [9.17, 15) is 19.8 Å². The van der Waals surface area contributed by atoms with Crippen molar-refractivity contribution >= 4 is 27.9 Å². The fourth-order valence-corrected chi connectivity index (χ4v) is 8.72. The van der Waals surface area contributed by atoms with Crippen LogP contribution in [0.25, 0.3) is 0 Å². The summed E-state index contributed by atoms with van der Waals surface area (Å²) in [6.07, 6.45) is 8.12. The van der Waals surface area contributed by atoms with Crippen molar-refractivity contribution in [1.29, 1.82) is 0 Å². The molecular weight excluding hydrogens is 488 g/mol. The van der Waals surface area contributed by atoms with Gasteiger partial charge in [0, 0.05) is 25.2 Å². The molecule has 4 aliphatic carbocycles. The van der Waals surface area contributed by atoms with Crippen LogP contribution in [0.15, 0.2) is 11.6 Å². The molecule has 0 heterocycles. The van der Waals surface area contributed by atoms with E-state index < -0.39 is 11.5 Å². The molecule has 3 unspecified atom stereocenters. The van der Waals surface area contributed by atoms with E-state index in [0.29, 0.717) is 18.8 Å². The molecular formula is C26H39BrO6. The molecule has 7 heteroatoms. The number of hydrogen-bond donors (Lipinski definition) is 2. The number of ether oxygens (including phenoxy) is 2. The third-order valence-electron chi connectivity index (χ3n) is 9.33. The molecule has 3 fully saturated rings. The van der Waals surface area contributed by atoms with E-state index in [2.05, 4.69) is 29.8 Å². The Hall–Kier alpha value is -0.920. The summed E-state index contributed by atoms with van der Waals surface area (Å²) < 4.78 is 11.5. The average molecular weight is 527 g/mol. The van der Waals surface area contributed by atoms with E-state index in [1.807, 2.05) is 6.08 Å². The second-order valence-electron chi connectivity index (χ2n) is 11.1. The fraction of sp³-hybridized carbons (Fsp3) is 0.846. The number of fused-ring (bicyclic) bond motifs is 5. The van der Waals surface area contributed by atoms with Crippen molar-refractivity contribution in [3.63, 3.8) is 0 Å². The Balaban J connectivity index is 1.57. The minimum atomic E-state index is -0.611. The number of alkyl halides is 1. The molecule has 0 aromatic heterocycles. The van der Waals surface area contributed by atoms with Crippen LogP contribution in [-0.2, 0) is 19.1 Å². The monoisotopic (exact) mass is 526 g/mol. The molecule has 3 saturated carbocycles. The molecule has 0 spiro atoms. The zero-order valence-corrected chi connectivity index (χ0v) is 21.7. The molecule has 0 bridgehead atoms. The summed E-state index contributed by atoms with van der Waals surface area (Å²) in [7, 11) is 0. The molecule has 4 rings (SSSR count). The van der Waals surface area contributed by atoms with Crippen LogP contribution >= 0.6 is 15.9 Å². The normalized spacial score (nSPS) is 44.2. The third-order valence-corrected chi connectivity index (χ3v) is 10.2. The number of carbonyl (C=O) groups excluding carboxylic acids is 2. The van der Waals surface area contributed by atoms with Gasteiger partial charge in [0.1, 0.15) is 12.2 Å². The van der Waals surface area contributed by atoms with E-state index in [4.69, 9.17) is 9.47 Å². The summed E-state index contributed by atoms with van der Waals surface area (Å²) in [5.74, 6) is -0.0560. The lowest BCUT2D eigenvalue weighted by molar-refractivity contribution is -0.167. The van der Waals surface area contributed by atoms with E-state index in [1.54, 1.807) is 0 Å². The van der Waals surface area contributed by atoms with Crippen molar-refractivity contribution in [1.82, 2.24) is 0 Å². The zero-order chi connectivity index (χ0) is 24.0. The molecule has 6 nitrogen and oxygen atoms in total. The summed E-state index contributed by atoms with van der Waals surface area (Å²) in [6.45, 7) is 5.75. The lowest BCUT2D eigenvalue weighted by Crippen LogP contribution is -2.57. The number of carbonyl (C=O) groups is 2. The zero-order valence-electron chi connectivity index (χ0n) is 20.1. The quantitative estimate of drug-likeness (QED) is 0.304. The van der Waals surface area contributed by atoms with Crippen molar-refractivity contribution < 1.29 is 29.3 Å². The van der Waals surface area contributed by atoms with Crippen LogP contribution in [0.1, 0.15) is 78.6 Å². The first-order valence-corrected chi connectivity index (χ1v) is 13.6. The highest BCUT2D eigenvalue weighted by molar-refractivity contribution is 9.09. The molecule has 0 aromatic carbocycles. The van der Waals surface area contributed by atoms with Gasteiger partial charge < -0.3 is 19.7 Å². The topological polar surface area (TPSA) is 93.1 Å². The number of esters is 2. The number of aliphatic hydroxyl groups excluding tert-OH is 2. The molecule has 0 radical (unpaired) electrons. The molecule has 9 atom stereocenters. The fourth-order valence-electron chi connectivity index (χ4n) is 7.68. The summed E-state index contributed by atoms with van der Waals surface area (Å²) >= 11 is 3.73. The van der Waals surface area contributed by atoms with Crippen LogP contribution in [0.5, 0.6) is 0 Å². The average Bonchev–Trinajstić information content (AvgIpc) is 3.04. The second-order valence-corrected chi connectivity index (χ2v) is 12.2. The highest BCUT2D eigenvalue weighted by atomic mass is 79.9. The molecule has 0 amide bonds. The maximum Gasteiger partial charge on any atom is 0.306 e. The highest BCUT2D eigenvalue weighted by Gasteiger charge is 2.65. The second kappa shape index (κ2) is 9.62. The number of halogens is 1. The van der Waals surface area contributed by atoms with Gasteiger partial charge in [0.25, 0.3) is 0 Å². The van der Waals surface area contributed by atoms with Gasteiger partial charge in [0.15, 0.2) is 0 Å². The van der Waals surface area contributed by atoms with E-state index in [1.165, 1.54) is 12.5 Å². The van der Waals surface area contributed by atoms with E-state index in [0.717, 1.165) is 44.9 Å². The summed E-state index contributed by atoms with van der Waals surface area (Å²) in [4.78, 5) is 24.0. The first-order valence-electron chi connectivity index (χ1n) is 12.7. The Morgan fingerprint density at radius 3 is 2.64 bits per heavy atom. The first-order chi connectivity index (χ1) is 15.7. The van der Waals surface area contributed by atoms with Gasteiger partial charge in [-0.25, -0.2) is 0 Å². The molecule has 4 aliphatic rings. The maximum atomic E-state index is 12.2. The van der Waals surface area contributed by atoms with Crippen LogP contribution in [0.4, 0.5) is 0 Å².